The Balaban J connectivity index is 1.76. The van der Waals surface area contributed by atoms with Crippen molar-refractivity contribution in [2.24, 2.45) is 0 Å². The first-order valence-electron chi connectivity index (χ1n) is 8.00. The summed E-state index contributed by atoms with van der Waals surface area (Å²) < 4.78 is 10.6. The number of ether oxygens (including phenoxy) is 2. The second-order valence-electron chi connectivity index (χ2n) is 5.49. The van der Waals surface area contributed by atoms with Crippen LogP contribution in [0.1, 0.15) is 10.4 Å². The Morgan fingerprint density at radius 2 is 1.63 bits per heavy atom. The van der Waals surface area contributed by atoms with Crippen molar-refractivity contribution in [3.05, 3.63) is 60.4 Å². The Hall–Kier alpha value is -3.81. The van der Waals surface area contributed by atoms with Crippen LogP contribution in [0.5, 0.6) is 11.5 Å². The van der Waals surface area contributed by atoms with E-state index >= 15 is 0 Å². The zero-order valence-corrected chi connectivity index (χ0v) is 14.8. The number of hydrogen-bond acceptors (Lipinski definition) is 7. The van der Waals surface area contributed by atoms with E-state index in [4.69, 9.17) is 14.6 Å². The van der Waals surface area contributed by atoms with Crippen LogP contribution in [0.4, 0.5) is 23.0 Å². The van der Waals surface area contributed by atoms with Gasteiger partial charge in [0.15, 0.2) is 0 Å². The quantitative estimate of drug-likeness (QED) is 0.581. The van der Waals surface area contributed by atoms with Crippen molar-refractivity contribution in [1.82, 2.24) is 9.97 Å². The van der Waals surface area contributed by atoms with Crippen LogP contribution in [0.15, 0.2) is 54.9 Å². The molecule has 2 aromatic carbocycles. The lowest BCUT2D eigenvalue weighted by Gasteiger charge is -2.13. The number of nitrogens with one attached hydrogen (secondary N) is 2. The third-order valence-electron chi connectivity index (χ3n) is 3.74. The number of aromatic nitrogens is 2. The Morgan fingerprint density at radius 3 is 2.26 bits per heavy atom. The molecule has 0 fully saturated rings. The summed E-state index contributed by atoms with van der Waals surface area (Å²) in [4.78, 5) is 19.3. The van der Waals surface area contributed by atoms with Gasteiger partial charge in [0.1, 0.15) is 29.5 Å². The molecule has 0 saturated carbocycles. The highest BCUT2D eigenvalue weighted by Crippen LogP contribution is 2.31. The van der Waals surface area contributed by atoms with Gasteiger partial charge in [0.05, 0.1) is 25.5 Å². The lowest BCUT2D eigenvalue weighted by atomic mass is 10.2. The average Bonchev–Trinajstić information content (AvgIpc) is 2.69. The molecule has 3 rings (SSSR count). The van der Waals surface area contributed by atoms with Crippen molar-refractivity contribution < 1.29 is 19.4 Å². The Kier molecular flexibility index (Phi) is 5.36. The van der Waals surface area contributed by atoms with Crippen LogP contribution in [0.25, 0.3) is 0 Å². The normalized spacial score (nSPS) is 10.1. The van der Waals surface area contributed by atoms with Gasteiger partial charge in [-0.05, 0) is 36.4 Å². The Labute approximate surface area is 155 Å². The maximum absolute atomic E-state index is 10.9. The highest BCUT2D eigenvalue weighted by Gasteiger charge is 2.07. The lowest BCUT2D eigenvalue weighted by molar-refractivity contribution is 0.0697. The second-order valence-corrected chi connectivity index (χ2v) is 5.49. The maximum Gasteiger partial charge on any atom is 0.335 e. The molecule has 0 radical (unpaired) electrons. The van der Waals surface area contributed by atoms with Gasteiger partial charge in [-0.2, -0.15) is 0 Å². The van der Waals surface area contributed by atoms with E-state index in [0.29, 0.717) is 28.8 Å². The number of benzene rings is 2. The molecule has 3 N–H and O–H groups in total. The fourth-order valence-corrected chi connectivity index (χ4v) is 2.38. The smallest absolute Gasteiger partial charge is 0.335 e. The molecule has 0 aliphatic carbocycles. The molecule has 8 heteroatoms. The summed E-state index contributed by atoms with van der Waals surface area (Å²) in [5, 5.41) is 15.2. The van der Waals surface area contributed by atoms with Crippen molar-refractivity contribution in [3.63, 3.8) is 0 Å². The molecule has 0 unspecified atom stereocenters. The van der Waals surface area contributed by atoms with Crippen molar-refractivity contribution in [2.45, 2.75) is 0 Å². The molecule has 27 heavy (non-hydrogen) atoms. The minimum absolute atomic E-state index is 0.220. The molecule has 0 aliphatic heterocycles. The van der Waals surface area contributed by atoms with Crippen molar-refractivity contribution in [2.75, 3.05) is 24.9 Å². The number of rotatable bonds is 7. The summed E-state index contributed by atoms with van der Waals surface area (Å²) >= 11 is 0. The van der Waals surface area contributed by atoms with Crippen molar-refractivity contribution in [3.8, 4) is 11.5 Å². The van der Waals surface area contributed by atoms with Crippen LogP contribution in [-0.4, -0.2) is 35.3 Å². The highest BCUT2D eigenvalue weighted by molar-refractivity contribution is 5.88. The van der Waals surface area contributed by atoms with Crippen LogP contribution in [0.2, 0.25) is 0 Å². The average molecular weight is 366 g/mol. The SMILES string of the molecule is COc1ccc(Nc2cc(Nc3ccc(C(=O)O)cc3)ncn2)c(OC)c1. The molecule has 0 spiro atoms. The molecular formula is C19H18N4O4. The molecule has 0 atom stereocenters. The number of anilines is 4. The zero-order valence-electron chi connectivity index (χ0n) is 14.8. The van der Waals surface area contributed by atoms with E-state index in [1.54, 1.807) is 38.5 Å². The van der Waals surface area contributed by atoms with Crippen LogP contribution >= 0.6 is 0 Å². The first-order valence-corrected chi connectivity index (χ1v) is 8.00. The summed E-state index contributed by atoms with van der Waals surface area (Å²) in [5.41, 5.74) is 1.66. The van der Waals surface area contributed by atoms with Gasteiger partial charge in [-0.15, -0.1) is 0 Å². The van der Waals surface area contributed by atoms with Gasteiger partial charge in [-0.1, -0.05) is 0 Å². The minimum Gasteiger partial charge on any atom is -0.497 e. The first kappa shape index (κ1) is 18.0. The predicted octanol–water partition coefficient (Wildman–Crippen LogP) is 3.68. The number of nitrogens with zero attached hydrogens (tertiary/aromatic N) is 2. The topological polar surface area (TPSA) is 106 Å². The van der Waals surface area contributed by atoms with Gasteiger partial charge >= 0.3 is 5.97 Å². The number of carbonyl (C=O) groups is 1. The maximum atomic E-state index is 10.9. The molecule has 0 amide bonds. The molecule has 0 bridgehead atoms. The molecule has 8 nitrogen and oxygen atoms in total. The van der Waals surface area contributed by atoms with E-state index in [-0.39, 0.29) is 5.56 Å². The number of carboxylic acids is 1. The van der Waals surface area contributed by atoms with Crippen molar-refractivity contribution >= 4 is 29.0 Å². The largest absolute Gasteiger partial charge is 0.497 e. The molecule has 138 valence electrons. The fourth-order valence-electron chi connectivity index (χ4n) is 2.38. The van der Waals surface area contributed by atoms with Crippen LogP contribution in [-0.2, 0) is 0 Å². The van der Waals surface area contributed by atoms with E-state index in [2.05, 4.69) is 20.6 Å². The van der Waals surface area contributed by atoms with Crippen LogP contribution < -0.4 is 20.1 Å². The first-order chi connectivity index (χ1) is 13.1. The molecule has 1 heterocycles. The van der Waals surface area contributed by atoms with Crippen LogP contribution in [0.3, 0.4) is 0 Å². The van der Waals surface area contributed by atoms with E-state index < -0.39 is 5.97 Å². The summed E-state index contributed by atoms with van der Waals surface area (Å²) in [7, 11) is 3.17. The standard InChI is InChI=1S/C19H18N4O4/c1-26-14-7-8-15(16(9-14)27-2)23-18-10-17(20-11-21-18)22-13-5-3-12(4-6-13)19(24)25/h3-11H,1-2H3,(H,24,25)(H2,20,21,22,23). The highest BCUT2D eigenvalue weighted by atomic mass is 16.5. The van der Waals surface area contributed by atoms with Gasteiger partial charge in [-0.25, -0.2) is 14.8 Å². The minimum atomic E-state index is -0.969. The summed E-state index contributed by atoms with van der Waals surface area (Å²) in [6.45, 7) is 0. The predicted molar refractivity (Wildman–Crippen MR) is 102 cm³/mol. The van der Waals surface area contributed by atoms with E-state index in [1.807, 2.05) is 12.1 Å². The van der Waals surface area contributed by atoms with Gasteiger partial charge in [-0.3, -0.25) is 0 Å². The molecule has 1 aromatic heterocycles. The molecular weight excluding hydrogens is 348 g/mol. The Morgan fingerprint density at radius 1 is 0.926 bits per heavy atom. The molecule has 3 aromatic rings. The van der Waals surface area contributed by atoms with Gasteiger partial charge in [0, 0.05) is 17.8 Å². The third kappa shape index (κ3) is 4.43. The molecule has 0 saturated heterocycles. The second kappa shape index (κ2) is 8.05. The van der Waals surface area contributed by atoms with E-state index in [9.17, 15) is 4.79 Å². The van der Waals surface area contributed by atoms with Gasteiger partial charge in [0.2, 0.25) is 0 Å². The van der Waals surface area contributed by atoms with Crippen molar-refractivity contribution in [1.29, 1.82) is 0 Å². The van der Waals surface area contributed by atoms with E-state index in [0.717, 1.165) is 5.69 Å². The van der Waals surface area contributed by atoms with Gasteiger partial charge < -0.3 is 25.2 Å². The zero-order chi connectivity index (χ0) is 19.2. The number of carboxylic acid groups (broad SMARTS) is 1. The van der Waals surface area contributed by atoms with Gasteiger partial charge in [0.25, 0.3) is 0 Å². The Bertz CT molecular complexity index is 945. The monoisotopic (exact) mass is 366 g/mol. The lowest BCUT2D eigenvalue weighted by Crippen LogP contribution is -2.00. The summed E-state index contributed by atoms with van der Waals surface area (Å²) in [5.74, 6) is 1.46. The number of hydrogen-bond donors (Lipinski definition) is 3. The summed E-state index contributed by atoms with van der Waals surface area (Å²) in [6, 6.07) is 13.5. The molecule has 0 aliphatic rings. The summed E-state index contributed by atoms with van der Waals surface area (Å²) in [6.07, 6.45) is 1.42. The number of aromatic carboxylic acids is 1. The third-order valence-corrected chi connectivity index (χ3v) is 3.74. The van der Waals surface area contributed by atoms with Crippen LogP contribution in [0, 0.1) is 0 Å². The number of methoxy groups -OCH3 is 2. The fraction of sp³-hybridized carbons (Fsp3) is 0.105. The van der Waals surface area contributed by atoms with E-state index in [1.165, 1.54) is 18.5 Å².